The molecule has 9 aromatic carbocycles. The molecule has 0 saturated heterocycles. The molecular weight excluding hydrogens is 673 g/mol. The van der Waals surface area contributed by atoms with Crippen LogP contribution in [0.2, 0.25) is 0 Å². The van der Waals surface area contributed by atoms with Gasteiger partial charge in [-0.1, -0.05) is 109 Å². The molecule has 4 heteroatoms. The van der Waals surface area contributed by atoms with Gasteiger partial charge in [0.25, 0.3) is 0 Å². The summed E-state index contributed by atoms with van der Waals surface area (Å²) in [5.74, 6) is 0.585. The van der Waals surface area contributed by atoms with Gasteiger partial charge < -0.3 is 13.4 Å². The number of furan rings is 1. The standard InChI is InChI=1S/C51H30N2O2/c1-2-11-39(12-3-1)53-44-24-21-37(29-41(44)48-40-13-7-6-9-33(40)20-25-45(48)53)32-14-17-34(18-15-32)51-52-43-23-27-47-49(50(43)55-51)42-30-38(22-26-46(42)54-47)36-19-16-31-8-4-5-10-35(31)28-36/h1-30H. The van der Waals surface area contributed by atoms with E-state index in [0.717, 1.165) is 66.5 Å². The minimum absolute atomic E-state index is 0.585. The number of nitrogens with zero attached hydrogens (tertiary/aromatic N) is 2. The molecule has 0 aliphatic carbocycles. The molecule has 55 heavy (non-hydrogen) atoms. The Morgan fingerprint density at radius 3 is 1.91 bits per heavy atom. The van der Waals surface area contributed by atoms with E-state index in [-0.39, 0.29) is 0 Å². The van der Waals surface area contributed by atoms with Crippen molar-refractivity contribution in [2.45, 2.75) is 0 Å². The summed E-state index contributed by atoms with van der Waals surface area (Å²) >= 11 is 0. The summed E-state index contributed by atoms with van der Waals surface area (Å²) in [6.45, 7) is 0. The van der Waals surface area contributed by atoms with Gasteiger partial charge in [0, 0.05) is 27.4 Å². The number of fused-ring (bicyclic) bond motifs is 11. The Labute approximate surface area is 315 Å². The van der Waals surface area contributed by atoms with Gasteiger partial charge >= 0.3 is 0 Å². The van der Waals surface area contributed by atoms with Crippen LogP contribution in [0.1, 0.15) is 0 Å². The lowest BCUT2D eigenvalue weighted by molar-refractivity contribution is 0.622. The van der Waals surface area contributed by atoms with E-state index in [0.29, 0.717) is 5.89 Å². The van der Waals surface area contributed by atoms with Gasteiger partial charge in [-0.05, 0) is 117 Å². The molecule has 3 aromatic heterocycles. The van der Waals surface area contributed by atoms with Crippen molar-refractivity contribution in [1.82, 2.24) is 9.55 Å². The average molecular weight is 703 g/mol. The normalized spacial score (nSPS) is 12.0. The fourth-order valence-electron chi connectivity index (χ4n) is 8.55. The van der Waals surface area contributed by atoms with Crippen molar-refractivity contribution in [2.75, 3.05) is 0 Å². The van der Waals surface area contributed by atoms with Crippen LogP contribution in [-0.4, -0.2) is 9.55 Å². The zero-order valence-corrected chi connectivity index (χ0v) is 29.5. The van der Waals surface area contributed by atoms with Crippen LogP contribution in [-0.2, 0) is 0 Å². The Bertz CT molecular complexity index is 3480. The molecule has 12 rings (SSSR count). The number of benzene rings is 9. The van der Waals surface area contributed by atoms with Gasteiger partial charge in [-0.2, -0.15) is 0 Å². The molecule has 0 radical (unpaired) electrons. The summed E-state index contributed by atoms with van der Waals surface area (Å²) in [5, 5.41) is 9.40. The van der Waals surface area contributed by atoms with E-state index < -0.39 is 0 Å². The third-order valence-corrected chi connectivity index (χ3v) is 11.2. The number of hydrogen-bond donors (Lipinski definition) is 0. The number of oxazole rings is 1. The minimum atomic E-state index is 0.585. The zero-order valence-electron chi connectivity index (χ0n) is 29.5. The first-order valence-corrected chi connectivity index (χ1v) is 18.6. The minimum Gasteiger partial charge on any atom is -0.456 e. The van der Waals surface area contributed by atoms with Crippen LogP contribution in [0.3, 0.4) is 0 Å². The summed E-state index contributed by atoms with van der Waals surface area (Å²) in [6, 6.07) is 64.6. The van der Waals surface area contributed by atoms with Gasteiger partial charge in [0.05, 0.1) is 16.4 Å². The maximum Gasteiger partial charge on any atom is 0.227 e. The Balaban J connectivity index is 0.949. The second-order valence-corrected chi connectivity index (χ2v) is 14.3. The van der Waals surface area contributed by atoms with Crippen LogP contribution in [0.25, 0.3) is 116 Å². The van der Waals surface area contributed by atoms with Gasteiger partial charge in [0.15, 0.2) is 5.58 Å². The fourth-order valence-corrected chi connectivity index (χ4v) is 8.55. The smallest absolute Gasteiger partial charge is 0.227 e. The quantitative estimate of drug-likeness (QED) is 0.183. The fraction of sp³-hybridized carbons (Fsp3) is 0. The highest BCUT2D eigenvalue weighted by atomic mass is 16.4. The van der Waals surface area contributed by atoms with Gasteiger partial charge in [-0.3, -0.25) is 0 Å². The molecule has 256 valence electrons. The largest absolute Gasteiger partial charge is 0.456 e. The average Bonchev–Trinajstić information content (AvgIpc) is 3.95. The van der Waals surface area contributed by atoms with Crippen LogP contribution in [0.5, 0.6) is 0 Å². The molecule has 3 heterocycles. The van der Waals surface area contributed by atoms with Crippen LogP contribution in [0, 0.1) is 0 Å². The van der Waals surface area contributed by atoms with Crippen molar-refractivity contribution in [1.29, 1.82) is 0 Å². The second-order valence-electron chi connectivity index (χ2n) is 14.3. The van der Waals surface area contributed by atoms with E-state index in [1.807, 2.05) is 12.1 Å². The lowest BCUT2D eigenvalue weighted by Gasteiger charge is -2.08. The molecule has 0 fully saturated rings. The molecule has 0 amide bonds. The predicted octanol–water partition coefficient (Wildman–Crippen LogP) is 14.1. The highest BCUT2D eigenvalue weighted by Gasteiger charge is 2.19. The van der Waals surface area contributed by atoms with Crippen LogP contribution in [0.4, 0.5) is 0 Å². The molecule has 0 saturated carbocycles. The van der Waals surface area contributed by atoms with Crippen LogP contribution < -0.4 is 0 Å². The summed E-state index contributed by atoms with van der Waals surface area (Å²) in [4.78, 5) is 4.96. The number of rotatable bonds is 4. The Morgan fingerprint density at radius 2 is 1.02 bits per heavy atom. The van der Waals surface area contributed by atoms with Crippen molar-refractivity contribution < 1.29 is 8.83 Å². The van der Waals surface area contributed by atoms with E-state index in [4.69, 9.17) is 13.8 Å². The monoisotopic (exact) mass is 702 g/mol. The lowest BCUT2D eigenvalue weighted by atomic mass is 9.99. The van der Waals surface area contributed by atoms with Crippen LogP contribution >= 0.6 is 0 Å². The van der Waals surface area contributed by atoms with E-state index >= 15 is 0 Å². The first kappa shape index (κ1) is 30.1. The van der Waals surface area contributed by atoms with Gasteiger partial charge in [0.2, 0.25) is 5.89 Å². The Morgan fingerprint density at radius 1 is 0.382 bits per heavy atom. The van der Waals surface area contributed by atoms with Crippen LogP contribution in [0.15, 0.2) is 191 Å². The SMILES string of the molecule is c1ccc(-n2c3ccc(-c4ccc(-c5nc6ccc7oc8ccc(-c9ccc%10ccccc%10c9)cc8c7c6o5)cc4)cc3c3c4ccccc4ccc32)cc1. The zero-order chi connectivity index (χ0) is 36.0. The predicted molar refractivity (Wildman–Crippen MR) is 227 cm³/mol. The summed E-state index contributed by atoms with van der Waals surface area (Å²) < 4.78 is 15.3. The molecule has 12 aromatic rings. The number of aromatic nitrogens is 2. The third-order valence-electron chi connectivity index (χ3n) is 11.2. The highest BCUT2D eigenvalue weighted by molar-refractivity contribution is 6.22. The van der Waals surface area contributed by atoms with Gasteiger partial charge in [-0.25, -0.2) is 4.98 Å². The maximum absolute atomic E-state index is 6.60. The van der Waals surface area contributed by atoms with E-state index in [2.05, 4.69) is 174 Å². The van der Waals surface area contributed by atoms with Crippen molar-refractivity contribution in [2.24, 2.45) is 0 Å². The molecule has 4 nitrogen and oxygen atoms in total. The van der Waals surface area contributed by atoms with Gasteiger partial charge in [0.1, 0.15) is 16.7 Å². The van der Waals surface area contributed by atoms with E-state index in [1.165, 1.54) is 43.4 Å². The number of para-hydroxylation sites is 1. The molecule has 0 bridgehead atoms. The van der Waals surface area contributed by atoms with Crippen molar-refractivity contribution in [3.8, 4) is 39.4 Å². The topological polar surface area (TPSA) is 44.1 Å². The first-order valence-electron chi connectivity index (χ1n) is 18.6. The maximum atomic E-state index is 6.60. The Kier molecular flexibility index (Phi) is 6.31. The molecule has 0 N–H and O–H groups in total. The highest BCUT2D eigenvalue weighted by Crippen LogP contribution is 2.41. The summed E-state index contributed by atoms with van der Waals surface area (Å²) in [5.41, 5.74) is 12.2. The molecule has 0 spiro atoms. The third kappa shape index (κ3) is 4.62. The number of hydrogen-bond acceptors (Lipinski definition) is 3. The molecule has 0 unspecified atom stereocenters. The van der Waals surface area contributed by atoms with E-state index in [1.54, 1.807) is 0 Å². The molecule has 0 aliphatic heterocycles. The lowest BCUT2D eigenvalue weighted by Crippen LogP contribution is -1.93. The second kappa shape index (κ2) is 11.5. The van der Waals surface area contributed by atoms with Gasteiger partial charge in [-0.15, -0.1) is 0 Å². The van der Waals surface area contributed by atoms with E-state index in [9.17, 15) is 0 Å². The Hall–Kier alpha value is -7.43. The van der Waals surface area contributed by atoms with Crippen molar-refractivity contribution >= 4 is 76.4 Å². The summed E-state index contributed by atoms with van der Waals surface area (Å²) in [6.07, 6.45) is 0. The first-order chi connectivity index (χ1) is 27.2. The van der Waals surface area contributed by atoms with Crippen molar-refractivity contribution in [3.63, 3.8) is 0 Å². The molecular formula is C51H30N2O2. The molecule has 0 aliphatic rings. The van der Waals surface area contributed by atoms with Crippen molar-refractivity contribution in [3.05, 3.63) is 182 Å². The summed E-state index contributed by atoms with van der Waals surface area (Å²) in [7, 11) is 0. The molecule has 0 atom stereocenters.